The van der Waals surface area contributed by atoms with Gasteiger partial charge in [0.2, 0.25) is 5.95 Å². The molecular formula is C18H20N8O2. The van der Waals surface area contributed by atoms with Crippen LogP contribution in [0.3, 0.4) is 0 Å². The van der Waals surface area contributed by atoms with Crippen LogP contribution >= 0.6 is 0 Å². The molecule has 2 saturated heterocycles. The summed E-state index contributed by atoms with van der Waals surface area (Å²) in [5, 5.41) is 9.50. The molecule has 2 aromatic heterocycles. The van der Waals surface area contributed by atoms with Crippen molar-refractivity contribution >= 4 is 17.6 Å². The molecule has 10 nitrogen and oxygen atoms in total. The summed E-state index contributed by atoms with van der Waals surface area (Å²) in [7, 11) is 0. The summed E-state index contributed by atoms with van der Waals surface area (Å²) in [6.07, 6.45) is 2.38. The molecule has 2 fully saturated rings. The van der Waals surface area contributed by atoms with Gasteiger partial charge in [-0.1, -0.05) is 0 Å². The molecule has 0 aliphatic carbocycles. The van der Waals surface area contributed by atoms with Gasteiger partial charge in [0, 0.05) is 37.8 Å². The van der Waals surface area contributed by atoms with Crippen molar-refractivity contribution in [2.45, 2.75) is 12.5 Å². The molecule has 2 N–H and O–H groups in total. The van der Waals surface area contributed by atoms with Crippen LogP contribution in [0, 0.1) is 11.3 Å². The average Bonchev–Trinajstić information content (AvgIpc) is 3.12. The molecule has 0 unspecified atom stereocenters. The third-order valence-electron chi connectivity index (χ3n) is 5.37. The molecule has 5 heterocycles. The number of nitrogens with two attached hydrogens (primary N) is 1. The summed E-state index contributed by atoms with van der Waals surface area (Å²) in [6, 6.07) is 2.35. The molecule has 28 heavy (non-hydrogen) atoms. The van der Waals surface area contributed by atoms with Gasteiger partial charge in [-0.15, -0.1) is 0 Å². The molecule has 3 aliphatic heterocycles. The Bertz CT molecular complexity index is 953. The lowest BCUT2D eigenvalue weighted by atomic mass is 10.1. The quantitative estimate of drug-likeness (QED) is 0.760. The first-order valence-corrected chi connectivity index (χ1v) is 9.35. The number of hydrogen-bond acceptors (Lipinski definition) is 10. The Balaban J connectivity index is 1.66. The molecule has 0 bridgehead atoms. The van der Waals surface area contributed by atoms with Gasteiger partial charge in [-0.05, 0) is 0 Å². The number of morpholine rings is 2. The summed E-state index contributed by atoms with van der Waals surface area (Å²) in [4.78, 5) is 22.3. The first-order valence-electron chi connectivity index (χ1n) is 9.35. The Morgan fingerprint density at radius 2 is 1.86 bits per heavy atom. The van der Waals surface area contributed by atoms with E-state index in [4.69, 9.17) is 25.2 Å². The summed E-state index contributed by atoms with van der Waals surface area (Å²) in [6.45, 7) is 5.03. The van der Waals surface area contributed by atoms with Crippen LogP contribution < -0.4 is 15.5 Å². The summed E-state index contributed by atoms with van der Waals surface area (Å²) in [5.74, 6) is 2.32. The normalized spacial score (nSPS) is 21.2. The molecule has 144 valence electrons. The van der Waals surface area contributed by atoms with E-state index in [-0.39, 0.29) is 17.7 Å². The minimum absolute atomic E-state index is 0.0584. The number of nitrogen functional groups attached to an aromatic ring is 1. The van der Waals surface area contributed by atoms with Gasteiger partial charge in [0.25, 0.3) is 0 Å². The first kappa shape index (κ1) is 17.1. The molecule has 5 rings (SSSR count). The maximum absolute atomic E-state index is 9.50. The predicted octanol–water partition coefficient (Wildman–Crippen LogP) is -0.0146. The van der Waals surface area contributed by atoms with Gasteiger partial charge in [-0.3, -0.25) is 0 Å². The van der Waals surface area contributed by atoms with Crippen molar-refractivity contribution in [2.75, 3.05) is 61.6 Å². The summed E-state index contributed by atoms with van der Waals surface area (Å²) in [5.41, 5.74) is 7.45. The second kappa shape index (κ2) is 6.85. The fourth-order valence-electron chi connectivity index (χ4n) is 4.02. The standard InChI is InChI=1S/C18H20N8O2/c19-8-14-13(9-21-18(20)22-14)15-23-16(25-1-4-27-5-2-25)12-7-11-10-28-6-3-26(11)17(12)24-15/h9,11H,1-7,10H2,(H2,20,21,22)/t11-/m1/s1. The van der Waals surface area contributed by atoms with Crippen molar-refractivity contribution in [1.82, 2.24) is 19.9 Å². The van der Waals surface area contributed by atoms with E-state index in [1.54, 1.807) is 0 Å². The Labute approximate surface area is 161 Å². The number of nitriles is 1. The van der Waals surface area contributed by atoms with E-state index in [0.717, 1.165) is 43.3 Å². The maximum atomic E-state index is 9.50. The Kier molecular flexibility index (Phi) is 4.18. The van der Waals surface area contributed by atoms with E-state index in [2.05, 4.69) is 25.8 Å². The molecule has 0 radical (unpaired) electrons. The molecular weight excluding hydrogens is 360 g/mol. The Morgan fingerprint density at radius 1 is 1.07 bits per heavy atom. The number of fused-ring (bicyclic) bond motifs is 3. The molecule has 10 heteroatoms. The van der Waals surface area contributed by atoms with Gasteiger partial charge in [0.05, 0.1) is 38.0 Å². The van der Waals surface area contributed by atoms with E-state index < -0.39 is 0 Å². The molecule has 0 saturated carbocycles. The number of aromatic nitrogens is 4. The molecule has 0 spiro atoms. The predicted molar refractivity (Wildman–Crippen MR) is 101 cm³/mol. The SMILES string of the molecule is N#Cc1nc(N)ncc1-c1nc(N2CCOCC2)c2c(n1)N1CCOC[C@H]1C2. The van der Waals surface area contributed by atoms with Crippen LogP contribution in [0.4, 0.5) is 17.6 Å². The Morgan fingerprint density at radius 3 is 2.68 bits per heavy atom. The highest BCUT2D eigenvalue weighted by molar-refractivity contribution is 5.72. The summed E-state index contributed by atoms with van der Waals surface area (Å²) >= 11 is 0. The van der Waals surface area contributed by atoms with Gasteiger partial charge < -0.3 is 25.0 Å². The van der Waals surface area contributed by atoms with Crippen molar-refractivity contribution in [3.05, 3.63) is 17.5 Å². The minimum Gasteiger partial charge on any atom is -0.378 e. The zero-order valence-electron chi connectivity index (χ0n) is 15.3. The topological polar surface area (TPSA) is 126 Å². The monoisotopic (exact) mass is 380 g/mol. The molecule has 1 atom stereocenters. The maximum Gasteiger partial charge on any atom is 0.221 e. The second-order valence-corrected chi connectivity index (χ2v) is 7.00. The number of anilines is 3. The zero-order chi connectivity index (χ0) is 19.1. The van der Waals surface area contributed by atoms with Crippen molar-refractivity contribution in [3.63, 3.8) is 0 Å². The third-order valence-corrected chi connectivity index (χ3v) is 5.37. The lowest BCUT2D eigenvalue weighted by Crippen LogP contribution is -2.43. The molecule has 2 aromatic rings. The van der Waals surface area contributed by atoms with Gasteiger partial charge >= 0.3 is 0 Å². The largest absolute Gasteiger partial charge is 0.378 e. The third kappa shape index (κ3) is 2.80. The van der Waals surface area contributed by atoms with Gasteiger partial charge in [0.15, 0.2) is 11.5 Å². The minimum atomic E-state index is 0.0584. The highest BCUT2D eigenvalue weighted by atomic mass is 16.5. The molecule has 3 aliphatic rings. The van der Waals surface area contributed by atoms with E-state index in [9.17, 15) is 5.26 Å². The van der Waals surface area contributed by atoms with Gasteiger partial charge in [0.1, 0.15) is 17.7 Å². The highest BCUT2D eigenvalue weighted by Crippen LogP contribution is 2.39. The van der Waals surface area contributed by atoms with Crippen LogP contribution in [0.1, 0.15) is 11.3 Å². The van der Waals surface area contributed by atoms with E-state index in [0.29, 0.717) is 37.8 Å². The van der Waals surface area contributed by atoms with Gasteiger partial charge in [-0.2, -0.15) is 5.26 Å². The number of hydrogen-bond donors (Lipinski definition) is 1. The number of ether oxygens (including phenoxy) is 2. The van der Waals surface area contributed by atoms with Crippen molar-refractivity contribution < 1.29 is 9.47 Å². The highest BCUT2D eigenvalue weighted by Gasteiger charge is 2.37. The van der Waals surface area contributed by atoms with Gasteiger partial charge in [-0.25, -0.2) is 19.9 Å². The van der Waals surface area contributed by atoms with Crippen molar-refractivity contribution in [3.8, 4) is 17.5 Å². The lowest BCUT2D eigenvalue weighted by Gasteiger charge is -2.31. The lowest BCUT2D eigenvalue weighted by molar-refractivity contribution is 0.0973. The van der Waals surface area contributed by atoms with Crippen LogP contribution in [-0.2, 0) is 15.9 Å². The van der Waals surface area contributed by atoms with Crippen LogP contribution in [0.15, 0.2) is 6.20 Å². The number of nitrogens with zero attached hydrogens (tertiary/aromatic N) is 7. The second-order valence-electron chi connectivity index (χ2n) is 7.00. The number of rotatable bonds is 2. The van der Waals surface area contributed by atoms with Crippen molar-refractivity contribution in [1.29, 1.82) is 5.26 Å². The Hall–Kier alpha value is -3.03. The first-order chi connectivity index (χ1) is 13.7. The average molecular weight is 380 g/mol. The van der Waals surface area contributed by atoms with E-state index >= 15 is 0 Å². The molecule has 0 aromatic carbocycles. The zero-order valence-corrected chi connectivity index (χ0v) is 15.3. The van der Waals surface area contributed by atoms with Crippen LogP contribution in [0.5, 0.6) is 0 Å². The van der Waals surface area contributed by atoms with E-state index in [1.165, 1.54) is 6.20 Å². The van der Waals surface area contributed by atoms with Crippen LogP contribution in [0.25, 0.3) is 11.4 Å². The fraction of sp³-hybridized carbons (Fsp3) is 0.500. The van der Waals surface area contributed by atoms with Crippen LogP contribution in [0.2, 0.25) is 0 Å². The smallest absolute Gasteiger partial charge is 0.221 e. The van der Waals surface area contributed by atoms with E-state index in [1.807, 2.05) is 0 Å². The van der Waals surface area contributed by atoms with Crippen LogP contribution in [-0.4, -0.2) is 72.0 Å². The van der Waals surface area contributed by atoms with Crippen molar-refractivity contribution in [2.24, 2.45) is 0 Å². The molecule has 0 amide bonds. The fourth-order valence-corrected chi connectivity index (χ4v) is 4.02. The summed E-state index contributed by atoms with van der Waals surface area (Å²) < 4.78 is 11.2.